The van der Waals surface area contributed by atoms with E-state index >= 15 is 0 Å². The van der Waals surface area contributed by atoms with Crippen LogP contribution in [0.1, 0.15) is 41.5 Å². The van der Waals surface area contributed by atoms with E-state index in [4.69, 9.17) is 0 Å². The highest BCUT2D eigenvalue weighted by Gasteiger charge is 2.59. The van der Waals surface area contributed by atoms with Gasteiger partial charge < -0.3 is 5.11 Å². The van der Waals surface area contributed by atoms with Gasteiger partial charge in [-0.05, 0) is 40.7 Å². The quantitative estimate of drug-likeness (QED) is 0.512. The van der Waals surface area contributed by atoms with Crippen molar-refractivity contribution in [2.75, 3.05) is 13.1 Å². The van der Waals surface area contributed by atoms with Gasteiger partial charge in [0.15, 0.2) is 0 Å². The molecule has 1 aliphatic heterocycles. The van der Waals surface area contributed by atoms with Crippen molar-refractivity contribution >= 4 is 11.5 Å². The Morgan fingerprint density at radius 1 is 0.909 bits per heavy atom. The molecule has 1 fully saturated rings. The predicted octanol–water partition coefficient (Wildman–Crippen LogP) is 6.02. The van der Waals surface area contributed by atoms with E-state index in [0.717, 1.165) is 37.1 Å². The Balaban J connectivity index is 1.58. The Morgan fingerprint density at radius 2 is 1.58 bits per heavy atom. The standard InChI is InChI=1S/C30H31NO2/c1-2-22-13-15-24(16-14-22)26-17-18-27(25-11-7-4-8-12-25)30(29(32)33)21-31(20-28(26)30)19-23-9-5-3-6-10-23/h3-17,27-28H,2,18-21H2,1H3,(H,32,33). The van der Waals surface area contributed by atoms with Gasteiger partial charge in [0, 0.05) is 31.5 Å². The van der Waals surface area contributed by atoms with E-state index in [9.17, 15) is 9.90 Å². The molecule has 1 heterocycles. The van der Waals surface area contributed by atoms with E-state index in [2.05, 4.69) is 78.6 Å². The molecule has 3 heteroatoms. The molecule has 0 saturated carbocycles. The monoisotopic (exact) mass is 437 g/mol. The first-order chi connectivity index (χ1) is 16.1. The predicted molar refractivity (Wildman–Crippen MR) is 133 cm³/mol. The maximum atomic E-state index is 13.2. The van der Waals surface area contributed by atoms with Gasteiger partial charge in [-0.3, -0.25) is 9.69 Å². The third-order valence-corrected chi connectivity index (χ3v) is 7.66. The first-order valence-electron chi connectivity index (χ1n) is 12.0. The van der Waals surface area contributed by atoms with Crippen LogP contribution in [0.5, 0.6) is 0 Å². The van der Waals surface area contributed by atoms with Gasteiger partial charge in [0.25, 0.3) is 0 Å². The van der Waals surface area contributed by atoms with E-state index in [1.54, 1.807) is 0 Å². The molecule has 3 atom stereocenters. The van der Waals surface area contributed by atoms with Crippen LogP contribution in [0.3, 0.4) is 0 Å². The Kier molecular flexibility index (Phi) is 5.90. The van der Waals surface area contributed by atoms with Crippen LogP contribution < -0.4 is 0 Å². The molecule has 3 aromatic carbocycles. The third kappa shape index (κ3) is 3.91. The van der Waals surface area contributed by atoms with Gasteiger partial charge in [-0.15, -0.1) is 0 Å². The van der Waals surface area contributed by atoms with Crippen molar-refractivity contribution < 1.29 is 9.90 Å². The lowest BCUT2D eigenvalue weighted by molar-refractivity contribution is -0.151. The van der Waals surface area contributed by atoms with Gasteiger partial charge in [-0.1, -0.05) is 97.9 Å². The highest BCUT2D eigenvalue weighted by molar-refractivity contribution is 5.84. The molecule has 168 valence electrons. The zero-order valence-corrected chi connectivity index (χ0v) is 19.2. The number of carbonyl (C=O) groups is 1. The van der Waals surface area contributed by atoms with Crippen molar-refractivity contribution in [1.82, 2.24) is 4.90 Å². The fraction of sp³-hybridized carbons (Fsp3) is 0.300. The molecule has 1 aliphatic carbocycles. The van der Waals surface area contributed by atoms with Crippen molar-refractivity contribution in [3.63, 3.8) is 0 Å². The van der Waals surface area contributed by atoms with E-state index in [0.29, 0.717) is 6.54 Å². The highest BCUT2D eigenvalue weighted by atomic mass is 16.4. The Bertz CT molecular complexity index is 1140. The van der Waals surface area contributed by atoms with Crippen molar-refractivity contribution in [3.05, 3.63) is 113 Å². The van der Waals surface area contributed by atoms with Crippen LogP contribution in [0.25, 0.3) is 5.57 Å². The van der Waals surface area contributed by atoms with Crippen LogP contribution >= 0.6 is 0 Å². The fourth-order valence-electron chi connectivity index (χ4n) is 5.99. The van der Waals surface area contributed by atoms with Crippen LogP contribution in [0.15, 0.2) is 91.0 Å². The molecule has 3 nitrogen and oxygen atoms in total. The zero-order chi connectivity index (χ0) is 22.8. The second-order valence-electron chi connectivity index (χ2n) is 9.46. The molecule has 0 aromatic heterocycles. The SMILES string of the molecule is CCc1ccc(C2=CCC(c3ccccc3)C3(C(=O)O)CN(Cc4ccccc4)CC23)cc1. The smallest absolute Gasteiger partial charge is 0.312 e. The Hall–Kier alpha value is -3.17. The summed E-state index contributed by atoms with van der Waals surface area (Å²) in [5.74, 6) is -0.765. The van der Waals surface area contributed by atoms with Gasteiger partial charge in [-0.25, -0.2) is 0 Å². The zero-order valence-electron chi connectivity index (χ0n) is 19.2. The number of hydrogen-bond acceptors (Lipinski definition) is 2. The molecule has 3 aromatic rings. The summed E-state index contributed by atoms with van der Waals surface area (Å²) < 4.78 is 0. The molecule has 0 radical (unpaired) electrons. The average Bonchev–Trinajstić information content (AvgIpc) is 3.25. The summed E-state index contributed by atoms with van der Waals surface area (Å²) in [6.07, 6.45) is 4.07. The largest absolute Gasteiger partial charge is 0.481 e. The van der Waals surface area contributed by atoms with Gasteiger partial charge >= 0.3 is 5.97 Å². The molecular formula is C30H31NO2. The number of carboxylic acids is 1. The summed E-state index contributed by atoms with van der Waals surface area (Å²) in [5.41, 5.74) is 5.18. The molecule has 0 spiro atoms. The number of fused-ring (bicyclic) bond motifs is 1. The summed E-state index contributed by atoms with van der Waals surface area (Å²) in [7, 11) is 0. The normalized spacial score (nSPS) is 24.8. The van der Waals surface area contributed by atoms with Crippen molar-refractivity contribution in [3.8, 4) is 0 Å². The summed E-state index contributed by atoms with van der Waals surface area (Å²) in [5, 5.41) is 10.8. The molecule has 3 unspecified atom stereocenters. The van der Waals surface area contributed by atoms with Gasteiger partial charge in [0.05, 0.1) is 5.41 Å². The number of benzene rings is 3. The van der Waals surface area contributed by atoms with Gasteiger partial charge in [-0.2, -0.15) is 0 Å². The summed E-state index contributed by atoms with van der Waals surface area (Å²) in [6, 6.07) is 29.4. The molecule has 33 heavy (non-hydrogen) atoms. The topological polar surface area (TPSA) is 40.5 Å². The minimum atomic E-state index is -0.844. The maximum Gasteiger partial charge on any atom is 0.312 e. The number of carboxylic acid groups (broad SMARTS) is 1. The number of rotatable bonds is 6. The number of aryl methyl sites for hydroxylation is 1. The van der Waals surface area contributed by atoms with E-state index < -0.39 is 11.4 Å². The van der Waals surface area contributed by atoms with E-state index in [-0.39, 0.29) is 11.8 Å². The first-order valence-corrected chi connectivity index (χ1v) is 12.0. The second kappa shape index (κ2) is 8.99. The number of nitrogens with zero attached hydrogens (tertiary/aromatic N) is 1. The molecule has 5 rings (SSSR count). The lowest BCUT2D eigenvalue weighted by Gasteiger charge is -2.42. The van der Waals surface area contributed by atoms with Gasteiger partial charge in [0.2, 0.25) is 0 Å². The van der Waals surface area contributed by atoms with E-state index in [1.165, 1.54) is 16.7 Å². The first kappa shape index (κ1) is 21.7. The van der Waals surface area contributed by atoms with Crippen molar-refractivity contribution in [2.24, 2.45) is 11.3 Å². The molecule has 0 bridgehead atoms. The molecule has 0 amide bonds. The minimum absolute atomic E-state index is 0.0411. The third-order valence-electron chi connectivity index (χ3n) is 7.66. The molecular weight excluding hydrogens is 406 g/mol. The summed E-state index contributed by atoms with van der Waals surface area (Å²) in [6.45, 7) is 4.25. The van der Waals surface area contributed by atoms with Crippen molar-refractivity contribution in [1.29, 1.82) is 0 Å². The van der Waals surface area contributed by atoms with E-state index in [1.807, 2.05) is 24.3 Å². The molecule has 2 aliphatic rings. The van der Waals surface area contributed by atoms with Crippen LogP contribution in [0.4, 0.5) is 0 Å². The van der Waals surface area contributed by atoms with Crippen LogP contribution in [0, 0.1) is 11.3 Å². The molecule has 1 saturated heterocycles. The van der Waals surface area contributed by atoms with Crippen LogP contribution in [-0.2, 0) is 17.8 Å². The van der Waals surface area contributed by atoms with Gasteiger partial charge in [0.1, 0.15) is 0 Å². The lowest BCUT2D eigenvalue weighted by Crippen LogP contribution is -2.46. The average molecular weight is 438 g/mol. The summed E-state index contributed by atoms with van der Waals surface area (Å²) >= 11 is 0. The Morgan fingerprint density at radius 3 is 2.21 bits per heavy atom. The van der Waals surface area contributed by atoms with Crippen LogP contribution in [-0.4, -0.2) is 29.1 Å². The molecule has 1 N–H and O–H groups in total. The highest BCUT2D eigenvalue weighted by Crippen LogP contribution is 2.57. The maximum absolute atomic E-state index is 13.2. The second-order valence-corrected chi connectivity index (χ2v) is 9.46. The Labute approximate surface area is 196 Å². The number of hydrogen-bond donors (Lipinski definition) is 1. The number of allylic oxidation sites excluding steroid dienone is 1. The number of aliphatic carboxylic acids is 1. The lowest BCUT2D eigenvalue weighted by atomic mass is 9.59. The summed E-state index contributed by atoms with van der Waals surface area (Å²) in [4.78, 5) is 15.5. The van der Waals surface area contributed by atoms with Crippen LogP contribution in [0.2, 0.25) is 0 Å². The van der Waals surface area contributed by atoms with Crippen molar-refractivity contribution in [2.45, 2.75) is 32.2 Å². The minimum Gasteiger partial charge on any atom is -0.481 e. The number of likely N-dealkylation sites (tertiary alicyclic amines) is 1. The fourth-order valence-corrected chi connectivity index (χ4v) is 5.99.